The van der Waals surface area contributed by atoms with E-state index in [1.165, 1.54) is 11.3 Å². The Balaban J connectivity index is 1.52. The molecule has 140 valence electrons. The van der Waals surface area contributed by atoms with Crippen LogP contribution < -0.4 is 0 Å². The molecule has 2 heterocycles. The van der Waals surface area contributed by atoms with E-state index in [9.17, 15) is 9.59 Å². The lowest BCUT2D eigenvalue weighted by molar-refractivity contribution is 0.0314. The van der Waals surface area contributed by atoms with Crippen LogP contribution in [0.1, 0.15) is 33.5 Å². The largest absolute Gasteiger partial charge is 0.450 e. The quantitative estimate of drug-likeness (QED) is 0.383. The molecule has 0 amide bonds. The van der Waals surface area contributed by atoms with E-state index >= 15 is 0 Å². The van der Waals surface area contributed by atoms with Gasteiger partial charge in [-0.25, -0.2) is 9.78 Å². The molecule has 0 unspecified atom stereocenters. The van der Waals surface area contributed by atoms with Gasteiger partial charge in [0.05, 0.1) is 0 Å². The van der Waals surface area contributed by atoms with Gasteiger partial charge in [-0.3, -0.25) is 4.79 Å². The van der Waals surface area contributed by atoms with Gasteiger partial charge in [-0.1, -0.05) is 48.5 Å². The molecular weight excluding hydrogens is 372 g/mol. The minimum absolute atomic E-state index is 0.208. The van der Waals surface area contributed by atoms with Crippen LogP contribution in [-0.4, -0.2) is 27.8 Å². The molecule has 6 heteroatoms. The van der Waals surface area contributed by atoms with E-state index in [2.05, 4.69) is 9.97 Å². The maximum absolute atomic E-state index is 12.9. The average Bonchev–Trinajstić information content (AvgIpc) is 3.32. The lowest BCUT2D eigenvalue weighted by Crippen LogP contribution is -2.25. The Labute approximate surface area is 166 Å². The van der Waals surface area contributed by atoms with Gasteiger partial charge in [0.25, 0.3) is 0 Å². The smallest absolute Gasteiger partial charge is 0.358 e. The van der Waals surface area contributed by atoms with Crippen molar-refractivity contribution in [1.82, 2.24) is 9.97 Å². The monoisotopic (exact) mass is 390 g/mol. The molecular formula is C22H18N2O3S. The first-order valence-electron chi connectivity index (χ1n) is 8.88. The number of carbonyl (C=O) groups excluding carboxylic acids is 2. The van der Waals surface area contributed by atoms with Crippen molar-refractivity contribution in [2.24, 2.45) is 0 Å². The average molecular weight is 390 g/mol. The van der Waals surface area contributed by atoms with Gasteiger partial charge in [-0.05, 0) is 19.9 Å². The van der Waals surface area contributed by atoms with Crippen molar-refractivity contribution in [2.75, 3.05) is 0 Å². The van der Waals surface area contributed by atoms with Gasteiger partial charge in [0.1, 0.15) is 5.01 Å². The SMILES string of the molecule is Cc1[nH]c2ccccc2c1C(=O)[C@H](C)OC(=O)c1csc(-c2ccccc2)n1. The molecule has 0 saturated carbocycles. The Kier molecular flexibility index (Phi) is 4.79. The number of ether oxygens (including phenoxy) is 1. The molecule has 4 aromatic rings. The fourth-order valence-corrected chi connectivity index (χ4v) is 3.95. The highest BCUT2D eigenvalue weighted by Crippen LogP contribution is 2.26. The number of esters is 1. The second kappa shape index (κ2) is 7.40. The molecule has 0 aliphatic rings. The number of benzene rings is 2. The van der Waals surface area contributed by atoms with E-state index in [4.69, 9.17) is 4.74 Å². The number of carbonyl (C=O) groups is 2. The van der Waals surface area contributed by atoms with Crippen LogP contribution in [0, 0.1) is 6.92 Å². The number of para-hydroxylation sites is 1. The number of hydrogen-bond donors (Lipinski definition) is 1. The van der Waals surface area contributed by atoms with Crippen LogP contribution >= 0.6 is 11.3 Å². The molecule has 1 N–H and O–H groups in total. The summed E-state index contributed by atoms with van der Waals surface area (Å²) >= 11 is 1.37. The number of nitrogens with zero attached hydrogens (tertiary/aromatic N) is 1. The van der Waals surface area contributed by atoms with Crippen LogP contribution in [0.3, 0.4) is 0 Å². The van der Waals surface area contributed by atoms with Crippen molar-refractivity contribution in [2.45, 2.75) is 20.0 Å². The number of Topliss-reactive ketones (excluding diaryl/α,β-unsaturated/α-hetero) is 1. The Morgan fingerprint density at radius 3 is 2.57 bits per heavy atom. The highest BCUT2D eigenvalue weighted by Gasteiger charge is 2.25. The molecule has 0 radical (unpaired) electrons. The van der Waals surface area contributed by atoms with Gasteiger partial charge in [0, 0.05) is 33.1 Å². The molecule has 0 fully saturated rings. The topological polar surface area (TPSA) is 72.1 Å². The van der Waals surface area contributed by atoms with Gasteiger partial charge < -0.3 is 9.72 Å². The molecule has 28 heavy (non-hydrogen) atoms. The number of fused-ring (bicyclic) bond motifs is 1. The van der Waals surface area contributed by atoms with Gasteiger partial charge >= 0.3 is 5.97 Å². The standard InChI is InChI=1S/C22H18N2O3S/c1-13-19(16-10-6-7-11-17(16)23-13)20(25)14(2)27-22(26)18-12-28-21(24-18)15-8-4-3-5-9-15/h3-12,14,23H,1-2H3/t14-/m0/s1. The normalized spacial score (nSPS) is 12.1. The maximum atomic E-state index is 12.9. The van der Waals surface area contributed by atoms with Crippen LogP contribution in [0.4, 0.5) is 0 Å². The summed E-state index contributed by atoms with van der Waals surface area (Å²) in [6, 6.07) is 17.2. The number of hydrogen-bond acceptors (Lipinski definition) is 5. The summed E-state index contributed by atoms with van der Waals surface area (Å²) in [6.45, 7) is 3.43. The van der Waals surface area contributed by atoms with Crippen molar-refractivity contribution in [3.05, 3.63) is 76.9 Å². The van der Waals surface area contributed by atoms with E-state index in [1.54, 1.807) is 12.3 Å². The highest BCUT2D eigenvalue weighted by atomic mass is 32.1. The minimum atomic E-state index is -0.910. The lowest BCUT2D eigenvalue weighted by atomic mass is 10.0. The van der Waals surface area contributed by atoms with Gasteiger partial charge in [0.2, 0.25) is 5.78 Å². The summed E-state index contributed by atoms with van der Waals surface area (Å²) in [5, 5.41) is 3.21. The summed E-state index contributed by atoms with van der Waals surface area (Å²) in [5.74, 6) is -0.835. The van der Waals surface area contributed by atoms with Gasteiger partial charge in [0.15, 0.2) is 11.8 Å². The third-order valence-electron chi connectivity index (χ3n) is 4.53. The number of aromatic amines is 1. The number of thiazole rings is 1. The van der Waals surface area contributed by atoms with Crippen molar-refractivity contribution in [3.63, 3.8) is 0 Å². The number of ketones is 1. The number of rotatable bonds is 5. The maximum Gasteiger partial charge on any atom is 0.358 e. The Morgan fingerprint density at radius 1 is 1.07 bits per heavy atom. The molecule has 0 aliphatic carbocycles. The van der Waals surface area contributed by atoms with E-state index in [-0.39, 0.29) is 11.5 Å². The molecule has 5 nitrogen and oxygen atoms in total. The molecule has 1 atom stereocenters. The fourth-order valence-electron chi connectivity index (χ4n) is 3.15. The lowest BCUT2D eigenvalue weighted by Gasteiger charge is -2.11. The zero-order valence-electron chi connectivity index (χ0n) is 15.4. The van der Waals surface area contributed by atoms with E-state index in [1.807, 2.05) is 61.5 Å². The second-order valence-corrected chi connectivity index (χ2v) is 7.34. The second-order valence-electron chi connectivity index (χ2n) is 6.49. The Morgan fingerprint density at radius 2 is 1.79 bits per heavy atom. The Hall–Kier alpha value is -3.25. The molecule has 0 saturated heterocycles. The molecule has 0 aliphatic heterocycles. The van der Waals surface area contributed by atoms with E-state index < -0.39 is 12.1 Å². The number of nitrogens with one attached hydrogen (secondary N) is 1. The van der Waals surface area contributed by atoms with E-state index in [0.29, 0.717) is 5.56 Å². The molecule has 0 bridgehead atoms. The van der Waals surface area contributed by atoms with E-state index in [0.717, 1.165) is 27.2 Å². The number of H-pyrrole nitrogens is 1. The number of aromatic nitrogens is 2. The zero-order valence-corrected chi connectivity index (χ0v) is 16.2. The first-order chi connectivity index (χ1) is 13.5. The molecule has 2 aromatic carbocycles. The Bertz CT molecular complexity index is 1160. The highest BCUT2D eigenvalue weighted by molar-refractivity contribution is 7.13. The fraction of sp³-hybridized carbons (Fsp3) is 0.136. The third kappa shape index (κ3) is 3.34. The van der Waals surface area contributed by atoms with Crippen molar-refractivity contribution < 1.29 is 14.3 Å². The van der Waals surface area contributed by atoms with Crippen molar-refractivity contribution in [3.8, 4) is 10.6 Å². The van der Waals surface area contributed by atoms with Crippen LogP contribution in [0.5, 0.6) is 0 Å². The van der Waals surface area contributed by atoms with Crippen LogP contribution in [0.2, 0.25) is 0 Å². The first kappa shape index (κ1) is 18.1. The van der Waals surface area contributed by atoms with Gasteiger partial charge in [-0.2, -0.15) is 0 Å². The van der Waals surface area contributed by atoms with Crippen LogP contribution in [-0.2, 0) is 4.74 Å². The van der Waals surface area contributed by atoms with Crippen LogP contribution in [0.25, 0.3) is 21.5 Å². The third-order valence-corrected chi connectivity index (χ3v) is 5.42. The van der Waals surface area contributed by atoms with Gasteiger partial charge in [-0.15, -0.1) is 11.3 Å². The minimum Gasteiger partial charge on any atom is -0.450 e. The van der Waals surface area contributed by atoms with Crippen LogP contribution in [0.15, 0.2) is 60.0 Å². The summed E-state index contributed by atoms with van der Waals surface area (Å²) in [6.07, 6.45) is -0.910. The summed E-state index contributed by atoms with van der Waals surface area (Å²) in [7, 11) is 0. The molecule has 2 aromatic heterocycles. The zero-order chi connectivity index (χ0) is 19.7. The summed E-state index contributed by atoms with van der Waals surface area (Å²) in [4.78, 5) is 33.0. The predicted molar refractivity (Wildman–Crippen MR) is 110 cm³/mol. The number of aryl methyl sites for hydroxylation is 1. The molecule has 4 rings (SSSR count). The summed E-state index contributed by atoms with van der Waals surface area (Å²) < 4.78 is 5.42. The summed E-state index contributed by atoms with van der Waals surface area (Å²) in [5.41, 5.74) is 3.34. The predicted octanol–water partition coefficient (Wildman–Crippen LogP) is 5.03. The first-order valence-corrected chi connectivity index (χ1v) is 9.76. The van der Waals surface area contributed by atoms with Crippen molar-refractivity contribution >= 4 is 34.0 Å². The van der Waals surface area contributed by atoms with Crippen molar-refractivity contribution in [1.29, 1.82) is 0 Å². The molecule has 0 spiro atoms.